The van der Waals surface area contributed by atoms with Crippen molar-refractivity contribution in [3.8, 4) is 0 Å². The molecule has 0 saturated carbocycles. The lowest BCUT2D eigenvalue weighted by molar-refractivity contribution is -0.119. The molecule has 3 rings (SSSR count). The minimum absolute atomic E-state index is 0.262. The van der Waals surface area contributed by atoms with Crippen molar-refractivity contribution in [2.75, 3.05) is 19.4 Å². The van der Waals surface area contributed by atoms with Crippen LogP contribution in [0.3, 0.4) is 0 Å². The maximum Gasteiger partial charge on any atom is 0.249 e. The molecule has 7 nitrogen and oxygen atoms in total. The van der Waals surface area contributed by atoms with Crippen molar-refractivity contribution < 1.29 is 9.18 Å². The van der Waals surface area contributed by atoms with Crippen LogP contribution in [0, 0.1) is 12.7 Å². The maximum absolute atomic E-state index is 13.6. The average Bonchev–Trinajstić information content (AvgIpc) is 3.05. The average molecular weight is 382 g/mol. The first kappa shape index (κ1) is 19.6. The maximum atomic E-state index is 13.6. The second-order valence-electron chi connectivity index (χ2n) is 6.95. The van der Waals surface area contributed by atoms with Crippen molar-refractivity contribution in [2.24, 2.45) is 0 Å². The van der Waals surface area contributed by atoms with Crippen LogP contribution in [0.2, 0.25) is 0 Å². The monoisotopic (exact) mass is 382 g/mol. The Morgan fingerprint density at radius 2 is 1.93 bits per heavy atom. The Hall–Kier alpha value is -3.13. The molecule has 0 fully saturated rings. The van der Waals surface area contributed by atoms with Crippen LogP contribution >= 0.6 is 0 Å². The van der Waals surface area contributed by atoms with E-state index in [4.69, 9.17) is 0 Å². The quantitative estimate of drug-likeness (QED) is 0.680. The highest BCUT2D eigenvalue weighted by atomic mass is 19.1. The zero-order valence-electron chi connectivity index (χ0n) is 16.1. The number of hydrogen-bond donors (Lipinski definition) is 1. The second-order valence-corrected chi connectivity index (χ2v) is 6.95. The summed E-state index contributed by atoms with van der Waals surface area (Å²) in [6, 6.07) is 13.2. The Kier molecular flexibility index (Phi) is 6.10. The number of aryl methyl sites for hydroxylation is 1. The molecule has 1 unspecified atom stereocenters. The lowest BCUT2D eigenvalue weighted by Gasteiger charge is -2.18. The number of rotatable bonds is 7. The molecule has 1 aromatic heterocycles. The van der Waals surface area contributed by atoms with Gasteiger partial charge in [0.25, 0.3) is 0 Å². The first-order valence-corrected chi connectivity index (χ1v) is 8.96. The van der Waals surface area contributed by atoms with E-state index in [1.54, 1.807) is 19.1 Å². The van der Waals surface area contributed by atoms with Gasteiger partial charge in [-0.15, -0.1) is 5.10 Å². The van der Waals surface area contributed by atoms with Gasteiger partial charge in [-0.25, -0.2) is 9.07 Å². The van der Waals surface area contributed by atoms with Crippen molar-refractivity contribution in [3.05, 3.63) is 71.3 Å². The number of tetrazole rings is 1. The highest BCUT2D eigenvalue weighted by Crippen LogP contribution is 2.19. The van der Waals surface area contributed by atoms with E-state index in [1.165, 1.54) is 16.8 Å². The molecular formula is C20H23FN6O. The van der Waals surface area contributed by atoms with E-state index in [0.717, 1.165) is 12.1 Å². The molecule has 0 aliphatic heterocycles. The summed E-state index contributed by atoms with van der Waals surface area (Å²) in [5, 5.41) is 14.4. The number of carbonyl (C=O) groups excluding carboxylic acids is 1. The SMILES string of the molecule is Cc1nnnn1C(Cc1cccc(F)c1)C(=O)Nc1cccc(CN(C)C)c1. The summed E-state index contributed by atoms with van der Waals surface area (Å²) in [6.07, 6.45) is 0.271. The summed E-state index contributed by atoms with van der Waals surface area (Å²) in [4.78, 5) is 15.1. The number of aromatic nitrogens is 4. The first-order valence-electron chi connectivity index (χ1n) is 8.96. The summed E-state index contributed by atoms with van der Waals surface area (Å²) in [5.41, 5.74) is 2.47. The highest BCUT2D eigenvalue weighted by molar-refractivity contribution is 5.94. The Morgan fingerprint density at radius 1 is 1.18 bits per heavy atom. The Morgan fingerprint density at radius 3 is 2.61 bits per heavy atom. The van der Waals surface area contributed by atoms with Crippen LogP contribution in [-0.4, -0.2) is 45.1 Å². The number of carbonyl (C=O) groups is 1. The number of nitrogens with zero attached hydrogens (tertiary/aromatic N) is 5. The highest BCUT2D eigenvalue weighted by Gasteiger charge is 2.24. The molecule has 0 aliphatic rings. The fourth-order valence-corrected chi connectivity index (χ4v) is 3.04. The summed E-state index contributed by atoms with van der Waals surface area (Å²) < 4.78 is 15.0. The van der Waals surface area contributed by atoms with Gasteiger partial charge in [-0.1, -0.05) is 24.3 Å². The second kappa shape index (κ2) is 8.71. The zero-order valence-corrected chi connectivity index (χ0v) is 16.1. The fraction of sp³-hybridized carbons (Fsp3) is 0.300. The number of halogens is 1. The van der Waals surface area contributed by atoms with Gasteiger partial charge in [-0.05, 0) is 66.8 Å². The Labute approximate surface area is 163 Å². The summed E-state index contributed by atoms with van der Waals surface area (Å²) in [6.45, 7) is 2.49. The van der Waals surface area contributed by atoms with Crippen LogP contribution in [0.4, 0.5) is 10.1 Å². The van der Waals surface area contributed by atoms with Gasteiger partial charge in [0.2, 0.25) is 5.91 Å². The summed E-state index contributed by atoms with van der Waals surface area (Å²) in [5.74, 6) is -0.0962. The number of anilines is 1. The van der Waals surface area contributed by atoms with Crippen molar-refractivity contribution in [1.29, 1.82) is 0 Å². The molecule has 8 heteroatoms. The lowest BCUT2D eigenvalue weighted by Crippen LogP contribution is -2.29. The molecule has 0 aliphatic carbocycles. The van der Waals surface area contributed by atoms with Gasteiger partial charge >= 0.3 is 0 Å². The van der Waals surface area contributed by atoms with E-state index in [0.29, 0.717) is 17.1 Å². The van der Waals surface area contributed by atoms with E-state index in [9.17, 15) is 9.18 Å². The molecule has 0 saturated heterocycles. The normalized spacial score (nSPS) is 12.2. The predicted octanol–water partition coefficient (Wildman–Crippen LogP) is 2.60. The molecule has 1 N–H and O–H groups in total. The number of amides is 1. The minimum Gasteiger partial charge on any atom is -0.324 e. The van der Waals surface area contributed by atoms with Gasteiger partial charge in [0.15, 0.2) is 0 Å². The van der Waals surface area contributed by atoms with Crippen molar-refractivity contribution in [1.82, 2.24) is 25.1 Å². The van der Waals surface area contributed by atoms with E-state index in [2.05, 4.69) is 25.7 Å². The van der Waals surface area contributed by atoms with Gasteiger partial charge in [-0.3, -0.25) is 4.79 Å². The Balaban J connectivity index is 1.84. The van der Waals surface area contributed by atoms with Crippen LogP contribution in [0.15, 0.2) is 48.5 Å². The van der Waals surface area contributed by atoms with Crippen molar-refractivity contribution >= 4 is 11.6 Å². The third kappa shape index (κ3) is 4.98. The van der Waals surface area contributed by atoms with Gasteiger partial charge in [0.05, 0.1) is 0 Å². The van der Waals surface area contributed by atoms with Gasteiger partial charge in [-0.2, -0.15) is 0 Å². The van der Waals surface area contributed by atoms with Crippen molar-refractivity contribution in [2.45, 2.75) is 25.9 Å². The van der Waals surface area contributed by atoms with E-state index in [1.807, 2.05) is 38.4 Å². The zero-order chi connectivity index (χ0) is 20.1. The molecular weight excluding hydrogens is 359 g/mol. The molecule has 146 valence electrons. The molecule has 28 heavy (non-hydrogen) atoms. The molecule has 0 bridgehead atoms. The predicted molar refractivity (Wildman–Crippen MR) is 104 cm³/mol. The van der Waals surface area contributed by atoms with E-state index < -0.39 is 6.04 Å². The fourth-order valence-electron chi connectivity index (χ4n) is 3.04. The molecule has 1 heterocycles. The third-order valence-corrected chi connectivity index (χ3v) is 4.27. The minimum atomic E-state index is -0.700. The molecule has 3 aromatic rings. The summed E-state index contributed by atoms with van der Waals surface area (Å²) >= 11 is 0. The number of benzene rings is 2. The smallest absolute Gasteiger partial charge is 0.249 e. The third-order valence-electron chi connectivity index (χ3n) is 4.27. The van der Waals surface area contributed by atoms with Crippen LogP contribution in [0.1, 0.15) is 23.0 Å². The number of hydrogen-bond acceptors (Lipinski definition) is 5. The topological polar surface area (TPSA) is 75.9 Å². The molecule has 2 aromatic carbocycles. The van der Waals surface area contributed by atoms with Crippen molar-refractivity contribution in [3.63, 3.8) is 0 Å². The summed E-state index contributed by atoms with van der Waals surface area (Å²) in [7, 11) is 3.97. The number of nitrogens with one attached hydrogen (secondary N) is 1. The van der Waals surface area contributed by atoms with Crippen LogP contribution in [-0.2, 0) is 17.8 Å². The Bertz CT molecular complexity index is 955. The van der Waals surface area contributed by atoms with Gasteiger partial charge < -0.3 is 10.2 Å². The molecule has 1 atom stereocenters. The molecule has 0 spiro atoms. The van der Waals surface area contributed by atoms with E-state index in [-0.39, 0.29) is 18.1 Å². The standard InChI is InChI=1S/C20H23FN6O/c1-14-23-24-25-27(14)19(12-15-6-4-8-17(21)10-15)20(28)22-18-9-5-7-16(11-18)13-26(2)3/h4-11,19H,12-13H2,1-3H3,(H,22,28). The molecule has 0 radical (unpaired) electrons. The van der Waals surface area contributed by atoms with Crippen LogP contribution in [0.25, 0.3) is 0 Å². The van der Waals surface area contributed by atoms with E-state index >= 15 is 0 Å². The molecule has 1 amide bonds. The largest absolute Gasteiger partial charge is 0.324 e. The lowest BCUT2D eigenvalue weighted by atomic mass is 10.0. The van der Waals surface area contributed by atoms with Gasteiger partial charge in [0.1, 0.15) is 17.7 Å². The first-order chi connectivity index (χ1) is 13.4. The van der Waals surface area contributed by atoms with Crippen LogP contribution in [0.5, 0.6) is 0 Å². The van der Waals surface area contributed by atoms with Crippen LogP contribution < -0.4 is 5.32 Å². The van der Waals surface area contributed by atoms with Gasteiger partial charge in [0, 0.05) is 18.7 Å².